The van der Waals surface area contributed by atoms with Gasteiger partial charge < -0.3 is 9.47 Å². The van der Waals surface area contributed by atoms with Gasteiger partial charge in [-0.15, -0.1) is 0 Å². The summed E-state index contributed by atoms with van der Waals surface area (Å²) in [5.74, 6) is -0.667. The molecule has 0 aliphatic carbocycles. The number of rotatable bonds is 1. The highest BCUT2D eigenvalue weighted by Crippen LogP contribution is 2.40. The summed E-state index contributed by atoms with van der Waals surface area (Å²) in [5.41, 5.74) is 1.05. The van der Waals surface area contributed by atoms with E-state index in [0.717, 1.165) is 10.6 Å². The Morgan fingerprint density at radius 2 is 1.76 bits per heavy atom. The van der Waals surface area contributed by atoms with Crippen molar-refractivity contribution in [2.75, 3.05) is 6.61 Å². The normalized spacial score (nSPS) is 32.4. The Balaban J connectivity index is 2.24. The molecule has 1 aliphatic heterocycles. The van der Waals surface area contributed by atoms with Crippen LogP contribution in [0.4, 0.5) is 0 Å². The molecule has 0 spiro atoms. The molecule has 17 heavy (non-hydrogen) atoms. The summed E-state index contributed by atoms with van der Waals surface area (Å²) < 4.78 is 12.0. The molecule has 1 aliphatic rings. The van der Waals surface area contributed by atoms with Crippen molar-refractivity contribution in [3.05, 3.63) is 34.9 Å². The molecule has 1 heterocycles. The summed E-state index contributed by atoms with van der Waals surface area (Å²) in [5, 5.41) is 0.724. The predicted molar refractivity (Wildman–Crippen MR) is 69.1 cm³/mol. The van der Waals surface area contributed by atoms with Crippen LogP contribution in [0, 0.1) is 5.41 Å². The number of halogens is 1. The zero-order chi connectivity index (χ0) is 12.7. The van der Waals surface area contributed by atoms with Crippen molar-refractivity contribution in [3.8, 4) is 0 Å². The molecule has 1 fully saturated rings. The van der Waals surface area contributed by atoms with Crippen molar-refractivity contribution in [3.63, 3.8) is 0 Å². The first-order valence-corrected chi connectivity index (χ1v) is 6.29. The molecule has 0 saturated carbocycles. The van der Waals surface area contributed by atoms with Gasteiger partial charge in [0.05, 0.1) is 12.7 Å². The highest BCUT2D eigenvalue weighted by atomic mass is 35.5. The fourth-order valence-corrected chi connectivity index (χ4v) is 2.00. The fourth-order valence-electron chi connectivity index (χ4n) is 1.88. The standard InChI is InChI=1S/C14H19ClO2/c1-10-13(2,3)9-16-14(4,17-10)11-5-7-12(15)8-6-11/h5-8,10H,9H2,1-4H3. The second-order valence-corrected chi connectivity index (χ2v) is 5.93. The first-order valence-electron chi connectivity index (χ1n) is 5.91. The van der Waals surface area contributed by atoms with Gasteiger partial charge in [0.2, 0.25) is 0 Å². The second-order valence-electron chi connectivity index (χ2n) is 5.49. The minimum atomic E-state index is -0.667. The molecule has 2 atom stereocenters. The topological polar surface area (TPSA) is 18.5 Å². The first-order chi connectivity index (χ1) is 7.83. The molecule has 0 radical (unpaired) electrons. The molecule has 0 N–H and O–H groups in total. The molecule has 1 saturated heterocycles. The van der Waals surface area contributed by atoms with Crippen LogP contribution < -0.4 is 0 Å². The Hall–Kier alpha value is -0.570. The van der Waals surface area contributed by atoms with Crippen LogP contribution >= 0.6 is 11.6 Å². The van der Waals surface area contributed by atoms with Crippen molar-refractivity contribution in [1.29, 1.82) is 0 Å². The molecule has 2 rings (SSSR count). The molecular weight excluding hydrogens is 236 g/mol. The lowest BCUT2D eigenvalue weighted by Crippen LogP contribution is -2.48. The Kier molecular flexibility index (Phi) is 3.23. The van der Waals surface area contributed by atoms with E-state index in [0.29, 0.717) is 6.61 Å². The second kappa shape index (κ2) is 4.27. The summed E-state index contributed by atoms with van der Waals surface area (Å²) in [6, 6.07) is 7.62. The maximum atomic E-state index is 6.05. The van der Waals surface area contributed by atoms with Crippen molar-refractivity contribution in [1.82, 2.24) is 0 Å². The average Bonchev–Trinajstić information content (AvgIpc) is 2.26. The molecule has 2 nitrogen and oxygen atoms in total. The lowest BCUT2D eigenvalue weighted by atomic mass is 9.86. The first kappa shape index (κ1) is 12.9. The molecule has 3 heteroatoms. The van der Waals surface area contributed by atoms with Gasteiger partial charge in [0.1, 0.15) is 0 Å². The van der Waals surface area contributed by atoms with Crippen LogP contribution in [0.1, 0.15) is 33.3 Å². The Morgan fingerprint density at radius 1 is 1.18 bits per heavy atom. The van der Waals surface area contributed by atoms with E-state index in [9.17, 15) is 0 Å². The average molecular weight is 255 g/mol. The van der Waals surface area contributed by atoms with Crippen LogP contribution in [0.25, 0.3) is 0 Å². The summed E-state index contributed by atoms with van der Waals surface area (Å²) in [6.07, 6.45) is 0.150. The van der Waals surface area contributed by atoms with Crippen LogP contribution in [0.5, 0.6) is 0 Å². The van der Waals surface area contributed by atoms with Gasteiger partial charge in [0.15, 0.2) is 5.79 Å². The van der Waals surface area contributed by atoms with E-state index >= 15 is 0 Å². The van der Waals surface area contributed by atoms with Crippen LogP contribution in [0.2, 0.25) is 5.02 Å². The van der Waals surface area contributed by atoms with E-state index in [1.54, 1.807) is 0 Å². The van der Waals surface area contributed by atoms with Crippen molar-refractivity contribution in [2.24, 2.45) is 5.41 Å². The highest BCUT2D eigenvalue weighted by Gasteiger charge is 2.42. The summed E-state index contributed by atoms with van der Waals surface area (Å²) >= 11 is 5.89. The zero-order valence-corrected chi connectivity index (χ0v) is 11.5. The Labute approximate surface area is 108 Å². The van der Waals surface area contributed by atoms with E-state index in [1.165, 1.54) is 0 Å². The monoisotopic (exact) mass is 254 g/mol. The number of hydrogen-bond acceptors (Lipinski definition) is 2. The van der Waals surface area contributed by atoms with E-state index in [-0.39, 0.29) is 11.5 Å². The van der Waals surface area contributed by atoms with Gasteiger partial charge >= 0.3 is 0 Å². The smallest absolute Gasteiger partial charge is 0.192 e. The molecule has 0 amide bonds. The van der Waals surface area contributed by atoms with Gasteiger partial charge in [-0.3, -0.25) is 0 Å². The van der Waals surface area contributed by atoms with Gasteiger partial charge in [-0.25, -0.2) is 0 Å². The molecule has 1 aromatic rings. The lowest BCUT2D eigenvalue weighted by molar-refractivity contribution is -0.325. The fraction of sp³-hybridized carbons (Fsp3) is 0.571. The minimum absolute atomic E-state index is 0.0476. The van der Waals surface area contributed by atoms with Crippen molar-refractivity contribution < 1.29 is 9.47 Å². The maximum Gasteiger partial charge on any atom is 0.192 e. The molecular formula is C14H19ClO2. The van der Waals surface area contributed by atoms with Gasteiger partial charge in [0, 0.05) is 16.0 Å². The van der Waals surface area contributed by atoms with Gasteiger partial charge in [-0.05, 0) is 26.0 Å². The number of benzene rings is 1. The summed E-state index contributed by atoms with van der Waals surface area (Å²) in [6.45, 7) is 9.05. The largest absolute Gasteiger partial charge is 0.345 e. The molecule has 0 aromatic heterocycles. The lowest BCUT2D eigenvalue weighted by Gasteiger charge is -2.46. The van der Waals surface area contributed by atoms with E-state index in [1.807, 2.05) is 31.2 Å². The predicted octanol–water partition coefficient (Wildman–Crippen LogP) is 3.97. The Morgan fingerprint density at radius 3 is 2.29 bits per heavy atom. The number of hydrogen-bond donors (Lipinski definition) is 0. The highest BCUT2D eigenvalue weighted by molar-refractivity contribution is 6.30. The van der Waals surface area contributed by atoms with Gasteiger partial charge in [-0.2, -0.15) is 0 Å². The van der Waals surface area contributed by atoms with Crippen molar-refractivity contribution in [2.45, 2.75) is 39.6 Å². The van der Waals surface area contributed by atoms with Gasteiger partial charge in [-0.1, -0.05) is 37.6 Å². The third-order valence-electron chi connectivity index (χ3n) is 3.59. The SMILES string of the molecule is CC1OC(C)(c2ccc(Cl)cc2)OCC1(C)C. The molecule has 1 aromatic carbocycles. The Bertz CT molecular complexity index is 399. The maximum absolute atomic E-state index is 6.05. The van der Waals surface area contributed by atoms with Crippen LogP contribution in [-0.2, 0) is 15.3 Å². The van der Waals surface area contributed by atoms with Crippen LogP contribution in [0.3, 0.4) is 0 Å². The molecule has 0 bridgehead atoms. The third-order valence-corrected chi connectivity index (χ3v) is 3.84. The summed E-state index contributed by atoms with van der Waals surface area (Å²) in [7, 11) is 0. The van der Waals surface area contributed by atoms with Gasteiger partial charge in [0.25, 0.3) is 0 Å². The van der Waals surface area contributed by atoms with Crippen LogP contribution in [0.15, 0.2) is 24.3 Å². The minimum Gasteiger partial charge on any atom is -0.345 e. The quantitative estimate of drug-likeness (QED) is 0.755. The van der Waals surface area contributed by atoms with E-state index in [2.05, 4.69) is 20.8 Å². The van der Waals surface area contributed by atoms with Crippen LogP contribution in [-0.4, -0.2) is 12.7 Å². The van der Waals surface area contributed by atoms with E-state index < -0.39 is 5.79 Å². The number of ether oxygens (including phenoxy) is 2. The van der Waals surface area contributed by atoms with Crippen molar-refractivity contribution >= 4 is 11.6 Å². The van der Waals surface area contributed by atoms with E-state index in [4.69, 9.17) is 21.1 Å². The molecule has 94 valence electrons. The zero-order valence-electron chi connectivity index (χ0n) is 10.8. The summed E-state index contributed by atoms with van der Waals surface area (Å²) in [4.78, 5) is 0. The third kappa shape index (κ3) is 2.49. The molecule has 2 unspecified atom stereocenters.